The van der Waals surface area contributed by atoms with E-state index in [0.717, 1.165) is 24.0 Å². The van der Waals surface area contributed by atoms with Crippen LogP contribution in [0.4, 0.5) is 0 Å². The van der Waals surface area contributed by atoms with Gasteiger partial charge in [-0.15, -0.1) is 0 Å². The Morgan fingerprint density at radius 1 is 1.50 bits per heavy atom. The smallest absolute Gasteiger partial charge is 0.118 e. The third-order valence-electron chi connectivity index (χ3n) is 1.86. The zero-order valence-corrected chi connectivity index (χ0v) is 7.38. The van der Waals surface area contributed by atoms with Crippen LogP contribution in [-0.2, 0) is 6.42 Å². The molecule has 0 aliphatic rings. The second kappa shape index (κ2) is 3.96. The maximum absolute atomic E-state index is 9.43. The van der Waals surface area contributed by atoms with Gasteiger partial charge >= 0.3 is 0 Å². The molecule has 1 heteroatoms. The molecule has 0 aliphatic heterocycles. The summed E-state index contributed by atoms with van der Waals surface area (Å²) in [5.41, 5.74) is 2.08. The first kappa shape index (κ1) is 8.85. The average molecular weight is 162 g/mol. The average Bonchev–Trinajstić information content (AvgIpc) is 2.09. The maximum atomic E-state index is 9.43. The van der Waals surface area contributed by atoms with Gasteiger partial charge in [-0.05, 0) is 29.7 Å². The Bertz CT molecular complexity index is 276. The lowest BCUT2D eigenvalue weighted by atomic mass is 10.1. The van der Waals surface area contributed by atoms with Crippen LogP contribution in [0, 0.1) is 0 Å². The van der Waals surface area contributed by atoms with Gasteiger partial charge in [0.15, 0.2) is 0 Å². The van der Waals surface area contributed by atoms with E-state index in [1.165, 1.54) is 0 Å². The van der Waals surface area contributed by atoms with Crippen molar-refractivity contribution in [1.82, 2.24) is 0 Å². The summed E-state index contributed by atoms with van der Waals surface area (Å²) in [6, 6.07) is 5.56. The van der Waals surface area contributed by atoms with Crippen molar-refractivity contribution in [2.24, 2.45) is 0 Å². The number of aryl methyl sites for hydroxylation is 1. The van der Waals surface area contributed by atoms with Crippen molar-refractivity contribution in [2.75, 3.05) is 0 Å². The normalized spacial score (nSPS) is 9.75. The Kier molecular flexibility index (Phi) is 2.92. The van der Waals surface area contributed by atoms with Crippen molar-refractivity contribution in [1.29, 1.82) is 0 Å². The number of aromatic hydroxyl groups is 1. The van der Waals surface area contributed by atoms with Gasteiger partial charge in [-0.25, -0.2) is 0 Å². The summed E-state index contributed by atoms with van der Waals surface area (Å²) in [5, 5.41) is 9.43. The van der Waals surface area contributed by atoms with Gasteiger partial charge in [0.2, 0.25) is 0 Å². The third-order valence-corrected chi connectivity index (χ3v) is 1.86. The molecule has 1 aromatic rings. The lowest BCUT2D eigenvalue weighted by Gasteiger charge is -2.03. The molecule has 0 amide bonds. The second-order valence-electron chi connectivity index (χ2n) is 2.84. The van der Waals surface area contributed by atoms with E-state index in [4.69, 9.17) is 0 Å². The standard InChI is InChI=1S/C11H14O/c1-3-5-10-8-9(4-2)6-7-11(10)12/h4,6-8,12H,2-3,5H2,1H3. The molecule has 0 aliphatic carbocycles. The minimum atomic E-state index is 0.391. The first-order valence-corrected chi connectivity index (χ1v) is 4.22. The molecule has 0 aromatic heterocycles. The highest BCUT2D eigenvalue weighted by molar-refractivity contribution is 5.51. The molecule has 0 radical (unpaired) electrons. The van der Waals surface area contributed by atoms with Crippen LogP contribution >= 0.6 is 0 Å². The fourth-order valence-electron chi connectivity index (χ4n) is 1.20. The van der Waals surface area contributed by atoms with E-state index < -0.39 is 0 Å². The highest BCUT2D eigenvalue weighted by Crippen LogP contribution is 2.20. The molecule has 12 heavy (non-hydrogen) atoms. The molecule has 1 aromatic carbocycles. The molecule has 0 saturated heterocycles. The van der Waals surface area contributed by atoms with E-state index in [1.54, 1.807) is 12.1 Å². The maximum Gasteiger partial charge on any atom is 0.118 e. The van der Waals surface area contributed by atoms with Gasteiger partial charge < -0.3 is 5.11 Å². The third kappa shape index (κ3) is 1.88. The van der Waals surface area contributed by atoms with Crippen molar-refractivity contribution < 1.29 is 5.11 Å². The fourth-order valence-corrected chi connectivity index (χ4v) is 1.20. The summed E-state index contributed by atoms with van der Waals surface area (Å²) < 4.78 is 0. The predicted molar refractivity (Wildman–Crippen MR) is 52.2 cm³/mol. The molecule has 0 bridgehead atoms. The molecule has 1 N–H and O–H groups in total. The molecule has 0 atom stereocenters. The Morgan fingerprint density at radius 3 is 2.83 bits per heavy atom. The summed E-state index contributed by atoms with van der Waals surface area (Å²) in [7, 11) is 0. The van der Waals surface area contributed by atoms with E-state index >= 15 is 0 Å². The predicted octanol–water partition coefficient (Wildman–Crippen LogP) is 2.99. The van der Waals surface area contributed by atoms with Gasteiger partial charge in [0.1, 0.15) is 5.75 Å². The molecule has 0 fully saturated rings. The van der Waals surface area contributed by atoms with E-state index in [0.29, 0.717) is 5.75 Å². The van der Waals surface area contributed by atoms with Crippen molar-refractivity contribution in [3.8, 4) is 5.75 Å². The Balaban J connectivity index is 2.99. The molecular formula is C11H14O. The summed E-state index contributed by atoms with van der Waals surface area (Å²) in [6.07, 6.45) is 3.76. The van der Waals surface area contributed by atoms with Crippen LogP contribution in [0.3, 0.4) is 0 Å². The minimum absolute atomic E-state index is 0.391. The van der Waals surface area contributed by atoms with Crippen LogP contribution in [0.5, 0.6) is 5.75 Å². The van der Waals surface area contributed by atoms with E-state index in [1.807, 2.05) is 12.1 Å². The van der Waals surface area contributed by atoms with Crippen LogP contribution < -0.4 is 0 Å². The quantitative estimate of drug-likeness (QED) is 0.724. The summed E-state index contributed by atoms with van der Waals surface area (Å²) in [6.45, 7) is 5.78. The Labute approximate surface area is 73.4 Å². The van der Waals surface area contributed by atoms with Gasteiger partial charge in [0.25, 0.3) is 0 Å². The molecule has 1 nitrogen and oxygen atoms in total. The van der Waals surface area contributed by atoms with Crippen molar-refractivity contribution in [3.05, 3.63) is 35.9 Å². The molecule has 0 saturated carbocycles. The van der Waals surface area contributed by atoms with Gasteiger partial charge in [0.05, 0.1) is 0 Å². The second-order valence-corrected chi connectivity index (χ2v) is 2.84. The topological polar surface area (TPSA) is 20.2 Å². The minimum Gasteiger partial charge on any atom is -0.508 e. The zero-order chi connectivity index (χ0) is 8.97. The fraction of sp³-hybridized carbons (Fsp3) is 0.273. The summed E-state index contributed by atoms with van der Waals surface area (Å²) >= 11 is 0. The van der Waals surface area contributed by atoms with Crippen molar-refractivity contribution in [3.63, 3.8) is 0 Å². The van der Waals surface area contributed by atoms with E-state index in [2.05, 4.69) is 13.5 Å². The van der Waals surface area contributed by atoms with Crippen molar-refractivity contribution >= 4 is 6.08 Å². The van der Waals surface area contributed by atoms with Crippen LogP contribution in [0.2, 0.25) is 0 Å². The number of phenolic OH excluding ortho intramolecular Hbond substituents is 1. The zero-order valence-electron chi connectivity index (χ0n) is 7.38. The van der Waals surface area contributed by atoms with Crippen LogP contribution in [0.15, 0.2) is 24.8 Å². The van der Waals surface area contributed by atoms with Gasteiger partial charge in [0, 0.05) is 0 Å². The number of rotatable bonds is 3. The van der Waals surface area contributed by atoms with Gasteiger partial charge in [-0.1, -0.05) is 32.1 Å². The lowest BCUT2D eigenvalue weighted by Crippen LogP contribution is -1.85. The molecule has 0 spiro atoms. The lowest BCUT2D eigenvalue weighted by molar-refractivity contribution is 0.467. The first-order valence-electron chi connectivity index (χ1n) is 4.22. The number of phenols is 1. The van der Waals surface area contributed by atoms with Crippen LogP contribution in [-0.4, -0.2) is 5.11 Å². The van der Waals surface area contributed by atoms with E-state index in [9.17, 15) is 5.11 Å². The number of benzene rings is 1. The molecule has 0 heterocycles. The molecular weight excluding hydrogens is 148 g/mol. The Morgan fingerprint density at radius 2 is 2.25 bits per heavy atom. The molecule has 0 unspecified atom stereocenters. The monoisotopic (exact) mass is 162 g/mol. The molecule has 64 valence electrons. The Hall–Kier alpha value is -1.24. The van der Waals surface area contributed by atoms with Gasteiger partial charge in [-0.3, -0.25) is 0 Å². The number of hydrogen-bond acceptors (Lipinski definition) is 1. The summed E-state index contributed by atoms with van der Waals surface area (Å²) in [5.74, 6) is 0.391. The summed E-state index contributed by atoms with van der Waals surface area (Å²) in [4.78, 5) is 0. The number of hydrogen-bond donors (Lipinski definition) is 1. The van der Waals surface area contributed by atoms with Crippen LogP contribution in [0.25, 0.3) is 6.08 Å². The SMILES string of the molecule is C=Cc1ccc(O)c(CCC)c1. The highest BCUT2D eigenvalue weighted by atomic mass is 16.3. The van der Waals surface area contributed by atoms with Crippen LogP contribution in [0.1, 0.15) is 24.5 Å². The van der Waals surface area contributed by atoms with E-state index in [-0.39, 0.29) is 0 Å². The van der Waals surface area contributed by atoms with Crippen molar-refractivity contribution in [2.45, 2.75) is 19.8 Å². The first-order chi connectivity index (χ1) is 5.77. The van der Waals surface area contributed by atoms with Gasteiger partial charge in [-0.2, -0.15) is 0 Å². The highest BCUT2D eigenvalue weighted by Gasteiger charge is 1.99. The largest absolute Gasteiger partial charge is 0.508 e. The molecule has 1 rings (SSSR count).